The Balaban J connectivity index is 1.84. The van der Waals surface area contributed by atoms with E-state index < -0.39 is 16.4 Å². The maximum absolute atomic E-state index is 13.7. The van der Waals surface area contributed by atoms with Crippen molar-refractivity contribution in [2.24, 2.45) is 11.8 Å². The first kappa shape index (κ1) is 16.3. The van der Waals surface area contributed by atoms with Crippen molar-refractivity contribution in [3.8, 4) is 0 Å². The second-order valence-electron chi connectivity index (χ2n) is 6.09. The molecule has 2 heterocycles. The number of carbonyl (C=O) groups excluding carboxylic acids is 1. The largest absolute Gasteiger partial charge is 0.339 e. The van der Waals surface area contributed by atoms with Gasteiger partial charge < -0.3 is 10.2 Å². The number of nitrogens with zero attached hydrogens (tertiary/aromatic N) is 2. The standard InChI is InChI=1S/C15H17BrFN3O3/c16-14-12(5-11(17)6-13(14)20(22)23)15(21)19-3-1-9-7-18-8-10(9)2-4-19/h5-6,9-10,18H,1-4,7-8H2/t9-,10+. The number of hydrogen-bond acceptors (Lipinski definition) is 4. The second-order valence-corrected chi connectivity index (χ2v) is 6.88. The Kier molecular flexibility index (Phi) is 4.63. The molecule has 3 rings (SSSR count). The molecule has 23 heavy (non-hydrogen) atoms. The van der Waals surface area contributed by atoms with Crippen LogP contribution >= 0.6 is 15.9 Å². The molecule has 2 aliphatic heterocycles. The van der Waals surface area contributed by atoms with Gasteiger partial charge in [-0.15, -0.1) is 0 Å². The molecule has 2 fully saturated rings. The van der Waals surface area contributed by atoms with Crippen molar-refractivity contribution in [1.82, 2.24) is 10.2 Å². The van der Waals surface area contributed by atoms with E-state index in [1.807, 2.05) is 0 Å². The molecule has 1 N–H and O–H groups in total. The van der Waals surface area contributed by atoms with Gasteiger partial charge in [0.1, 0.15) is 10.3 Å². The monoisotopic (exact) mass is 385 g/mol. The van der Waals surface area contributed by atoms with Gasteiger partial charge in [0, 0.05) is 13.1 Å². The number of benzene rings is 1. The van der Waals surface area contributed by atoms with Crippen molar-refractivity contribution < 1.29 is 14.1 Å². The highest BCUT2D eigenvalue weighted by Gasteiger charge is 2.33. The summed E-state index contributed by atoms with van der Waals surface area (Å²) in [5.41, 5.74) is -0.411. The average Bonchev–Trinajstić information content (AvgIpc) is 2.87. The number of likely N-dealkylation sites (tertiary alicyclic amines) is 1. The maximum atomic E-state index is 13.7. The zero-order chi connectivity index (χ0) is 16.6. The Hall–Kier alpha value is -1.54. The minimum Gasteiger partial charge on any atom is -0.339 e. The highest BCUT2D eigenvalue weighted by atomic mass is 79.9. The van der Waals surface area contributed by atoms with E-state index in [-0.39, 0.29) is 15.9 Å². The number of hydrogen-bond donors (Lipinski definition) is 1. The van der Waals surface area contributed by atoms with Gasteiger partial charge in [0.25, 0.3) is 11.6 Å². The molecule has 0 aliphatic carbocycles. The first-order chi connectivity index (χ1) is 11.0. The molecular weight excluding hydrogens is 369 g/mol. The van der Waals surface area contributed by atoms with Crippen LogP contribution in [0.4, 0.5) is 10.1 Å². The molecule has 8 heteroatoms. The number of nitro benzene ring substituents is 1. The molecule has 0 spiro atoms. The number of nitro groups is 1. The van der Waals surface area contributed by atoms with E-state index in [9.17, 15) is 19.3 Å². The summed E-state index contributed by atoms with van der Waals surface area (Å²) in [6, 6.07) is 1.88. The Morgan fingerprint density at radius 1 is 1.30 bits per heavy atom. The van der Waals surface area contributed by atoms with Crippen molar-refractivity contribution in [2.45, 2.75) is 12.8 Å². The molecule has 0 saturated carbocycles. The zero-order valence-corrected chi connectivity index (χ0v) is 14.0. The minimum absolute atomic E-state index is 0.0156. The lowest BCUT2D eigenvalue weighted by atomic mass is 9.92. The van der Waals surface area contributed by atoms with Gasteiger partial charge in [-0.3, -0.25) is 14.9 Å². The van der Waals surface area contributed by atoms with Crippen LogP contribution in [-0.2, 0) is 0 Å². The van der Waals surface area contributed by atoms with E-state index in [0.29, 0.717) is 24.9 Å². The SMILES string of the molecule is O=C(c1cc(F)cc([N+](=O)[O-])c1Br)N1CC[C@@H]2CNC[C@@H]2CC1. The maximum Gasteiger partial charge on any atom is 0.287 e. The molecule has 1 amide bonds. The van der Waals surface area contributed by atoms with Gasteiger partial charge in [-0.25, -0.2) is 4.39 Å². The highest BCUT2D eigenvalue weighted by molar-refractivity contribution is 9.10. The van der Waals surface area contributed by atoms with Gasteiger partial charge in [0.15, 0.2) is 0 Å². The van der Waals surface area contributed by atoms with E-state index in [1.165, 1.54) is 0 Å². The third-order valence-electron chi connectivity index (χ3n) is 4.75. The Labute approximate surface area is 141 Å². The summed E-state index contributed by atoms with van der Waals surface area (Å²) >= 11 is 3.09. The second kappa shape index (κ2) is 6.52. The van der Waals surface area contributed by atoms with Crippen LogP contribution < -0.4 is 5.32 Å². The molecule has 2 saturated heterocycles. The molecule has 6 nitrogen and oxygen atoms in total. The van der Waals surface area contributed by atoms with Crippen LogP contribution in [0, 0.1) is 27.8 Å². The quantitative estimate of drug-likeness (QED) is 0.626. The number of rotatable bonds is 2. The fraction of sp³-hybridized carbons (Fsp3) is 0.533. The molecule has 0 aromatic heterocycles. The average molecular weight is 386 g/mol. The fourth-order valence-corrected chi connectivity index (χ4v) is 4.00. The van der Waals surface area contributed by atoms with Gasteiger partial charge in [0.2, 0.25) is 0 Å². The Morgan fingerprint density at radius 3 is 2.48 bits per heavy atom. The molecule has 0 unspecified atom stereocenters. The summed E-state index contributed by atoms with van der Waals surface area (Å²) in [4.78, 5) is 24.7. The molecule has 1 aromatic rings. The van der Waals surface area contributed by atoms with Crippen LogP contribution in [0.25, 0.3) is 0 Å². The van der Waals surface area contributed by atoms with Crippen molar-refractivity contribution in [3.05, 3.63) is 38.1 Å². The topological polar surface area (TPSA) is 75.5 Å². The minimum atomic E-state index is -0.779. The predicted molar refractivity (Wildman–Crippen MR) is 85.7 cm³/mol. The summed E-state index contributed by atoms with van der Waals surface area (Å²) < 4.78 is 13.7. The van der Waals surface area contributed by atoms with E-state index in [1.54, 1.807) is 4.90 Å². The van der Waals surface area contributed by atoms with Gasteiger partial charge in [-0.1, -0.05) is 0 Å². The van der Waals surface area contributed by atoms with Gasteiger partial charge in [-0.05, 0) is 59.8 Å². The molecular formula is C15H17BrFN3O3. The fourth-order valence-electron chi connectivity index (χ4n) is 3.45. The first-order valence-corrected chi connectivity index (χ1v) is 8.40. The van der Waals surface area contributed by atoms with Crippen LogP contribution in [-0.4, -0.2) is 41.9 Å². The van der Waals surface area contributed by atoms with Crippen LogP contribution in [0.1, 0.15) is 23.2 Å². The number of fused-ring (bicyclic) bond motifs is 1. The molecule has 1 aromatic carbocycles. The van der Waals surface area contributed by atoms with E-state index in [2.05, 4.69) is 21.2 Å². The third kappa shape index (κ3) is 3.23. The molecule has 2 aliphatic rings. The normalized spacial score (nSPS) is 24.2. The first-order valence-electron chi connectivity index (χ1n) is 7.61. The summed E-state index contributed by atoms with van der Waals surface area (Å²) in [5.74, 6) is 0.00252. The van der Waals surface area contributed by atoms with Crippen LogP contribution in [0.3, 0.4) is 0 Å². The van der Waals surface area contributed by atoms with Gasteiger partial charge >= 0.3 is 0 Å². The number of nitrogens with one attached hydrogen (secondary N) is 1. The van der Waals surface area contributed by atoms with Crippen molar-refractivity contribution in [3.63, 3.8) is 0 Å². The van der Waals surface area contributed by atoms with Crippen molar-refractivity contribution in [2.75, 3.05) is 26.2 Å². The van der Waals surface area contributed by atoms with Crippen molar-refractivity contribution >= 4 is 27.5 Å². The third-order valence-corrected chi connectivity index (χ3v) is 5.59. The lowest BCUT2D eigenvalue weighted by Gasteiger charge is -2.21. The van der Waals surface area contributed by atoms with E-state index >= 15 is 0 Å². The number of halogens is 2. The van der Waals surface area contributed by atoms with Crippen LogP contribution in [0.2, 0.25) is 0 Å². The molecule has 0 bridgehead atoms. The Morgan fingerprint density at radius 2 is 1.91 bits per heavy atom. The smallest absolute Gasteiger partial charge is 0.287 e. The zero-order valence-electron chi connectivity index (χ0n) is 12.4. The van der Waals surface area contributed by atoms with Gasteiger partial charge in [-0.2, -0.15) is 0 Å². The summed E-state index contributed by atoms with van der Waals surface area (Å²) in [5, 5.41) is 14.4. The summed E-state index contributed by atoms with van der Waals surface area (Å²) in [6.07, 6.45) is 1.80. The van der Waals surface area contributed by atoms with Crippen LogP contribution in [0.5, 0.6) is 0 Å². The highest BCUT2D eigenvalue weighted by Crippen LogP contribution is 2.32. The van der Waals surface area contributed by atoms with Gasteiger partial charge in [0.05, 0.1) is 16.6 Å². The van der Waals surface area contributed by atoms with Crippen molar-refractivity contribution in [1.29, 1.82) is 0 Å². The predicted octanol–water partition coefficient (Wildman–Crippen LogP) is 2.57. The van der Waals surface area contributed by atoms with E-state index in [0.717, 1.165) is 38.1 Å². The lowest BCUT2D eigenvalue weighted by molar-refractivity contribution is -0.385. The Bertz CT molecular complexity index is 641. The molecule has 124 valence electrons. The summed E-state index contributed by atoms with van der Waals surface area (Å²) in [6.45, 7) is 3.14. The number of carbonyl (C=O) groups is 1. The molecule has 2 atom stereocenters. The summed E-state index contributed by atoms with van der Waals surface area (Å²) in [7, 11) is 0. The van der Waals surface area contributed by atoms with E-state index in [4.69, 9.17) is 0 Å². The molecule has 0 radical (unpaired) electrons. The van der Waals surface area contributed by atoms with Crippen LogP contribution in [0.15, 0.2) is 16.6 Å². The number of amides is 1. The lowest BCUT2D eigenvalue weighted by Crippen LogP contribution is -2.33.